The van der Waals surface area contributed by atoms with Crippen LogP contribution in [-0.2, 0) is 23.8 Å². The van der Waals surface area contributed by atoms with E-state index in [0.717, 1.165) is 37.7 Å². The Balaban J connectivity index is 1.66. The number of ketones is 1. The highest BCUT2D eigenvalue weighted by Crippen LogP contribution is 2.53. The zero-order valence-corrected chi connectivity index (χ0v) is 21.9. The van der Waals surface area contributed by atoms with Gasteiger partial charge in [0.15, 0.2) is 5.78 Å². The highest BCUT2D eigenvalue weighted by atomic mass is 79.9. The predicted octanol–water partition coefficient (Wildman–Crippen LogP) is 4.80. The van der Waals surface area contributed by atoms with Crippen LogP contribution in [0.3, 0.4) is 0 Å². The molecule has 0 bridgehead atoms. The summed E-state index contributed by atoms with van der Waals surface area (Å²) >= 11 is 3.39. The van der Waals surface area contributed by atoms with Crippen molar-refractivity contribution >= 4 is 27.7 Å². The molecule has 0 heterocycles. The molecule has 35 heavy (non-hydrogen) atoms. The molecule has 0 unspecified atom stereocenters. The lowest BCUT2D eigenvalue weighted by molar-refractivity contribution is -0.141. The van der Waals surface area contributed by atoms with Gasteiger partial charge in [0.25, 0.3) is 0 Å². The molecule has 1 aromatic carbocycles. The van der Waals surface area contributed by atoms with Gasteiger partial charge in [-0.3, -0.25) is 4.79 Å². The van der Waals surface area contributed by atoms with Crippen molar-refractivity contribution in [3.05, 3.63) is 69.7 Å². The number of allylic oxidation sites excluding steroid dienone is 2. The predicted molar refractivity (Wildman–Crippen MR) is 135 cm³/mol. The number of hydrogen-bond donors (Lipinski definition) is 2. The monoisotopic (exact) mass is 545 g/mol. The van der Waals surface area contributed by atoms with Gasteiger partial charge in [0.2, 0.25) is 0 Å². The topological polar surface area (TPSA) is 94.1 Å². The number of halogens is 1. The highest BCUT2D eigenvalue weighted by Gasteiger charge is 2.54. The normalized spacial score (nSPS) is 26.4. The van der Waals surface area contributed by atoms with Crippen LogP contribution in [0.1, 0.15) is 50.0 Å². The smallest absolute Gasteiger partial charge is 0.326 e. The van der Waals surface area contributed by atoms with Gasteiger partial charge in [0.1, 0.15) is 23.2 Å². The Labute approximate surface area is 214 Å². The highest BCUT2D eigenvalue weighted by molar-refractivity contribution is 9.12. The third-order valence-corrected chi connectivity index (χ3v) is 8.26. The first kappa shape index (κ1) is 25.5. The zero-order chi connectivity index (χ0) is 25.2. The molecule has 0 saturated heterocycles. The van der Waals surface area contributed by atoms with Crippen LogP contribution < -0.4 is 5.32 Å². The zero-order valence-electron chi connectivity index (χ0n) is 20.3. The minimum Gasteiger partial charge on any atom is -0.500 e. The number of benzene rings is 1. The summed E-state index contributed by atoms with van der Waals surface area (Å²) in [6.45, 7) is 0. The van der Waals surface area contributed by atoms with Crippen LogP contribution in [-0.4, -0.2) is 49.8 Å². The van der Waals surface area contributed by atoms with Gasteiger partial charge >= 0.3 is 5.97 Å². The van der Waals surface area contributed by atoms with Gasteiger partial charge in [-0.05, 0) is 46.5 Å². The summed E-state index contributed by atoms with van der Waals surface area (Å²) in [5.41, 5.74) is 0.00797. The number of Topliss-reactive ketones (excluding diaryl/α,β-unsaturated/α-hetero) is 1. The fourth-order valence-corrected chi connectivity index (χ4v) is 6.46. The van der Waals surface area contributed by atoms with Crippen molar-refractivity contribution in [1.29, 1.82) is 0 Å². The van der Waals surface area contributed by atoms with Crippen molar-refractivity contribution in [3.8, 4) is 0 Å². The molecule has 1 saturated carbocycles. The lowest BCUT2D eigenvalue weighted by atomic mass is 9.62. The number of methoxy groups -OCH3 is 3. The maximum atomic E-state index is 12.8. The van der Waals surface area contributed by atoms with Crippen LogP contribution in [0.15, 0.2) is 64.2 Å². The molecule has 0 amide bonds. The van der Waals surface area contributed by atoms with Crippen LogP contribution >= 0.6 is 15.9 Å². The van der Waals surface area contributed by atoms with E-state index in [4.69, 9.17) is 14.2 Å². The number of carboxylic acid groups (broad SMARTS) is 1. The van der Waals surface area contributed by atoms with Gasteiger partial charge in [0.05, 0.1) is 30.0 Å². The molecule has 0 radical (unpaired) electrons. The Bertz CT molecular complexity index is 1050. The van der Waals surface area contributed by atoms with Gasteiger partial charge in [-0.15, -0.1) is 0 Å². The Kier molecular flexibility index (Phi) is 7.43. The molecule has 3 aliphatic carbocycles. The Morgan fingerprint density at radius 1 is 1.09 bits per heavy atom. The van der Waals surface area contributed by atoms with Gasteiger partial charge in [-0.1, -0.05) is 49.6 Å². The average molecular weight is 546 g/mol. The summed E-state index contributed by atoms with van der Waals surface area (Å²) in [5, 5.41) is 13.4. The molecule has 8 heteroatoms. The van der Waals surface area contributed by atoms with Crippen molar-refractivity contribution in [1.82, 2.24) is 5.32 Å². The molecule has 3 aliphatic rings. The van der Waals surface area contributed by atoms with Gasteiger partial charge in [-0.2, -0.15) is 0 Å². The molecule has 188 valence electrons. The summed E-state index contributed by atoms with van der Waals surface area (Å²) in [7, 11) is 4.71. The largest absolute Gasteiger partial charge is 0.500 e. The van der Waals surface area contributed by atoms with Gasteiger partial charge in [0, 0.05) is 19.2 Å². The van der Waals surface area contributed by atoms with E-state index in [1.54, 1.807) is 21.3 Å². The Morgan fingerprint density at radius 2 is 1.69 bits per heavy atom. The van der Waals surface area contributed by atoms with E-state index >= 15 is 0 Å². The number of carbonyl (C=O) groups is 2. The number of carbonyl (C=O) groups excluding carboxylic acids is 1. The number of carboxylic acids is 1. The maximum absolute atomic E-state index is 12.8. The quantitative estimate of drug-likeness (QED) is 0.460. The number of nitrogens with one attached hydrogen (secondary N) is 1. The van der Waals surface area contributed by atoms with Gasteiger partial charge < -0.3 is 24.6 Å². The first-order valence-corrected chi connectivity index (χ1v) is 12.7. The van der Waals surface area contributed by atoms with Gasteiger partial charge in [-0.25, -0.2) is 4.79 Å². The fourth-order valence-electron chi connectivity index (χ4n) is 5.59. The van der Waals surface area contributed by atoms with Crippen molar-refractivity contribution in [2.24, 2.45) is 5.41 Å². The molecule has 2 N–H and O–H groups in total. The molecular weight excluding hydrogens is 514 g/mol. The minimum atomic E-state index is -1.08. The molecule has 1 atom stereocenters. The number of ether oxygens (including phenoxy) is 3. The van der Waals surface area contributed by atoms with Crippen LogP contribution in [0.2, 0.25) is 0 Å². The molecule has 0 aliphatic heterocycles. The van der Waals surface area contributed by atoms with Crippen LogP contribution in [0.4, 0.5) is 0 Å². The standard InChI is InChI=1S/C27H32BrNO6/c1-33-19-15-26(35-3,16-20(34-2)21(19)17-10-6-4-7-11-17)14-18(25(31)32)29-23-22(28)24(30)27(23)12-8-5-9-13-27/h4,6-7,10-11,15-16,18,21,29H,5,8-9,12-14H2,1-3H3,(H,31,32)/t18-,21?,26?/m0/s1. The molecular formula is C27H32BrNO6. The van der Waals surface area contributed by atoms with Crippen LogP contribution in [0.5, 0.6) is 0 Å². The second-order valence-electron chi connectivity index (χ2n) is 9.40. The molecule has 7 nitrogen and oxygen atoms in total. The average Bonchev–Trinajstić information content (AvgIpc) is 2.90. The summed E-state index contributed by atoms with van der Waals surface area (Å²) in [5.74, 6) is 0.00702. The lowest BCUT2D eigenvalue weighted by Crippen LogP contribution is -2.54. The SMILES string of the molecule is COC1=CC(C[C@H](NC2=C(Br)C(=O)C23CCCCC3)C(=O)O)(OC)C=C(OC)C1c1ccccc1. The minimum absolute atomic E-state index is 0.0665. The fraction of sp³-hybridized carbons (Fsp3) is 0.481. The second-order valence-corrected chi connectivity index (χ2v) is 10.2. The Hall–Kier alpha value is -2.58. The van der Waals surface area contributed by atoms with E-state index in [0.29, 0.717) is 21.7 Å². The Morgan fingerprint density at radius 3 is 2.20 bits per heavy atom. The van der Waals surface area contributed by atoms with Crippen molar-refractivity contribution in [2.75, 3.05) is 21.3 Å². The second kappa shape index (κ2) is 10.2. The van der Waals surface area contributed by atoms with E-state index < -0.39 is 23.0 Å². The molecule has 1 aromatic rings. The van der Waals surface area contributed by atoms with Crippen molar-refractivity contribution in [2.45, 2.75) is 56.1 Å². The van der Waals surface area contributed by atoms with E-state index in [-0.39, 0.29) is 18.1 Å². The first-order valence-electron chi connectivity index (χ1n) is 11.9. The molecule has 1 spiro atoms. The lowest BCUT2D eigenvalue weighted by Gasteiger charge is -2.46. The number of hydrogen-bond acceptors (Lipinski definition) is 6. The molecule has 1 fully saturated rings. The van der Waals surface area contributed by atoms with E-state index in [9.17, 15) is 14.7 Å². The number of rotatable bonds is 9. The van der Waals surface area contributed by atoms with Crippen LogP contribution in [0, 0.1) is 5.41 Å². The first-order chi connectivity index (χ1) is 16.8. The maximum Gasteiger partial charge on any atom is 0.326 e. The summed E-state index contributed by atoms with van der Waals surface area (Å²) < 4.78 is 17.9. The number of aliphatic carboxylic acids is 1. The summed E-state index contributed by atoms with van der Waals surface area (Å²) in [4.78, 5) is 25.2. The van der Waals surface area contributed by atoms with E-state index in [1.807, 2.05) is 42.5 Å². The third kappa shape index (κ3) is 4.54. The third-order valence-electron chi connectivity index (χ3n) is 7.51. The van der Waals surface area contributed by atoms with E-state index in [1.165, 1.54) is 0 Å². The van der Waals surface area contributed by atoms with Crippen molar-refractivity contribution in [3.63, 3.8) is 0 Å². The molecule has 4 rings (SSSR count). The van der Waals surface area contributed by atoms with Crippen LogP contribution in [0.25, 0.3) is 0 Å². The van der Waals surface area contributed by atoms with Crippen molar-refractivity contribution < 1.29 is 28.9 Å². The summed E-state index contributed by atoms with van der Waals surface area (Å²) in [6.07, 6.45) is 8.22. The molecule has 0 aromatic heterocycles. The summed E-state index contributed by atoms with van der Waals surface area (Å²) in [6, 6.07) is 8.83. The van der Waals surface area contributed by atoms with E-state index in [2.05, 4.69) is 21.2 Å².